The number of methoxy groups -OCH3 is 2. The highest BCUT2D eigenvalue weighted by Crippen LogP contribution is 2.37. The number of imide groups is 1. The van der Waals surface area contributed by atoms with Crippen LogP contribution in [0.3, 0.4) is 0 Å². The fraction of sp³-hybridized carbons (Fsp3) is 0.233. The minimum absolute atomic E-state index is 0.0101. The van der Waals surface area contributed by atoms with Crippen molar-refractivity contribution in [3.63, 3.8) is 0 Å². The number of aromatic nitrogens is 4. The van der Waals surface area contributed by atoms with Gasteiger partial charge in [0.25, 0.3) is 21.8 Å². The van der Waals surface area contributed by atoms with E-state index in [1.165, 1.54) is 36.0 Å². The summed E-state index contributed by atoms with van der Waals surface area (Å²) in [6.45, 7) is 1.48. The Labute approximate surface area is 405 Å². The van der Waals surface area contributed by atoms with E-state index in [0.717, 1.165) is 30.5 Å². The molecular weight excluding hydrogens is 1000 g/mol. The molecule has 7 rings (SSSR count). The van der Waals surface area contributed by atoms with Crippen LogP contribution in [-0.4, -0.2) is 90.7 Å². The van der Waals surface area contributed by atoms with E-state index in [0.29, 0.717) is 62.6 Å². The molecule has 0 atom stereocenters. The molecule has 0 radical (unpaired) electrons. The third-order valence-electron chi connectivity index (χ3n) is 9.29. The predicted molar refractivity (Wildman–Crippen MR) is 244 cm³/mol. The van der Waals surface area contributed by atoms with Gasteiger partial charge in [-0.3, -0.25) is 19.9 Å². The second-order valence-corrected chi connectivity index (χ2v) is 16.7. The second kappa shape index (κ2) is 23.3. The van der Waals surface area contributed by atoms with Crippen LogP contribution < -0.4 is 29.1 Å². The molecule has 69 heavy (non-hydrogen) atoms. The van der Waals surface area contributed by atoms with Gasteiger partial charge in [-0.25, -0.2) is 29.0 Å². The number of aliphatic carboxylic acids is 1. The van der Waals surface area contributed by atoms with E-state index in [1.807, 2.05) is 5.32 Å². The number of sulfonamides is 1. The molecule has 0 spiro atoms. The normalized spacial score (nSPS) is 13.6. The third-order valence-corrected chi connectivity index (χ3v) is 11.5. The predicted octanol–water partition coefficient (Wildman–Crippen LogP) is 8.00. The first kappa shape index (κ1) is 52.9. The van der Waals surface area contributed by atoms with E-state index in [4.69, 9.17) is 58.9 Å². The largest absolute Gasteiger partial charge is 0.481 e. The average molecular weight is 1040 g/mol. The van der Waals surface area contributed by atoms with Gasteiger partial charge in [-0.15, -0.1) is 0 Å². The Morgan fingerprint density at radius 2 is 1.49 bits per heavy atom. The molecule has 3 N–H and O–H groups in total. The lowest BCUT2D eigenvalue weighted by atomic mass is 9.93. The lowest BCUT2D eigenvalue weighted by molar-refractivity contribution is -0.140. The molecule has 1 aliphatic carbocycles. The average Bonchev–Trinajstić information content (AvgIpc) is 3.57. The van der Waals surface area contributed by atoms with Crippen LogP contribution in [0.25, 0.3) is 17.0 Å². The molecule has 19 nitrogen and oxygen atoms in total. The Hall–Kier alpha value is -7.08. The monoisotopic (exact) mass is 1040 g/mol. The number of nitrogens with zero attached hydrogens (tertiary/aromatic N) is 5. The van der Waals surface area contributed by atoms with E-state index in [1.54, 1.807) is 55.6 Å². The summed E-state index contributed by atoms with van der Waals surface area (Å²) in [6.07, 6.45) is 1.91. The van der Waals surface area contributed by atoms with Gasteiger partial charge in [-0.2, -0.15) is 31.6 Å². The van der Waals surface area contributed by atoms with Crippen LogP contribution in [0.1, 0.15) is 43.7 Å². The van der Waals surface area contributed by atoms with Gasteiger partial charge in [0.15, 0.2) is 11.6 Å². The lowest BCUT2D eigenvalue weighted by Crippen LogP contribution is -2.36. The highest BCUT2D eigenvalue weighted by Gasteiger charge is 2.40. The number of benzene rings is 2. The van der Waals surface area contributed by atoms with Gasteiger partial charge >= 0.3 is 24.1 Å². The first-order valence-corrected chi connectivity index (χ1v) is 22.5. The van der Waals surface area contributed by atoms with E-state index >= 15 is 0 Å². The summed E-state index contributed by atoms with van der Waals surface area (Å²) >= 11 is 18.1. The van der Waals surface area contributed by atoms with Crippen molar-refractivity contribution in [3.8, 4) is 17.5 Å². The molecule has 4 amide bonds. The molecule has 0 saturated heterocycles. The number of fused-ring (bicyclic) bond motifs is 1. The van der Waals surface area contributed by atoms with Crippen molar-refractivity contribution in [2.45, 2.75) is 43.8 Å². The molecule has 5 aromatic rings. The number of hydrogen-bond acceptors (Lipinski definition) is 15. The maximum Gasteiger partial charge on any atom is 0.419 e. The summed E-state index contributed by atoms with van der Waals surface area (Å²) in [4.78, 5) is 75.2. The molecule has 2 aromatic carbocycles. The van der Waals surface area contributed by atoms with Crippen LogP contribution in [0.4, 0.5) is 29.6 Å². The Morgan fingerprint density at radius 3 is 2.09 bits per heavy atom. The number of anilines is 2. The van der Waals surface area contributed by atoms with Crippen molar-refractivity contribution >= 4 is 103 Å². The summed E-state index contributed by atoms with van der Waals surface area (Å²) in [5.41, 5.74) is 1.09. The van der Waals surface area contributed by atoms with Gasteiger partial charge in [0.05, 0.1) is 43.2 Å². The van der Waals surface area contributed by atoms with E-state index in [2.05, 4.69) is 19.9 Å². The second-order valence-electron chi connectivity index (χ2n) is 13.8. The van der Waals surface area contributed by atoms with Gasteiger partial charge in [-0.05, 0) is 98.8 Å². The number of hydrogen-bond donors (Lipinski definition) is 3. The summed E-state index contributed by atoms with van der Waals surface area (Å²) in [7, 11) is -2.39. The standard InChI is InChI=1S/C19H17Cl2NO4.C13H12F3N5O5S.C11H8ClNO3/c1-2-26-19(25)16(21)10-11-9-12(7-8-15(11)20)22-17(23)13-5-3-4-6-14(13)18(22)24;1-25-8-6-9(26-2)19-11(18-8)20-12(22)21-27(23,24)10-7(13(14,15)16)4-3-5-17-10;12-8-3-4-9(16-6-10(14)15)11-7(8)2-1-5-13-11/h7-10H,2-6H2,1H3;3-6H,1-2H3,(H2,18,19,20,21,22);1-5H,6H2,(H,14,15)/b16-10-;;. The zero-order valence-corrected chi connectivity index (χ0v) is 39.2. The number of pyridine rings is 2. The zero-order valence-electron chi connectivity index (χ0n) is 36.1. The molecule has 364 valence electrons. The Balaban J connectivity index is 0.000000199. The quantitative estimate of drug-likeness (QED) is 0.0608. The van der Waals surface area contributed by atoms with Crippen LogP contribution in [0.2, 0.25) is 10.0 Å². The number of amides is 4. The van der Waals surface area contributed by atoms with Crippen molar-refractivity contribution in [2.75, 3.05) is 37.7 Å². The summed E-state index contributed by atoms with van der Waals surface area (Å²) in [6, 6.07) is 12.9. The van der Waals surface area contributed by atoms with Crippen LogP contribution in [0.5, 0.6) is 17.5 Å². The number of halogens is 6. The number of rotatable bonds is 12. The molecule has 0 fully saturated rings. The smallest absolute Gasteiger partial charge is 0.419 e. The van der Waals surface area contributed by atoms with E-state index < -0.39 is 57.3 Å². The van der Waals surface area contributed by atoms with Crippen LogP contribution >= 0.6 is 34.8 Å². The van der Waals surface area contributed by atoms with Crippen molar-refractivity contribution in [1.29, 1.82) is 0 Å². The maximum atomic E-state index is 12.9. The number of carboxylic acids is 1. The highest BCUT2D eigenvalue weighted by atomic mass is 35.5. The van der Waals surface area contributed by atoms with Crippen molar-refractivity contribution in [3.05, 3.63) is 110 Å². The minimum Gasteiger partial charge on any atom is -0.481 e. The molecule has 0 bridgehead atoms. The Bertz CT molecular complexity index is 2930. The lowest BCUT2D eigenvalue weighted by Gasteiger charge is -2.16. The van der Waals surface area contributed by atoms with E-state index in [-0.39, 0.29) is 35.2 Å². The fourth-order valence-corrected chi connectivity index (χ4v) is 7.93. The van der Waals surface area contributed by atoms with Crippen LogP contribution in [-0.2, 0) is 40.1 Å². The van der Waals surface area contributed by atoms with Crippen molar-refractivity contribution in [1.82, 2.24) is 24.7 Å². The number of carbonyl (C=O) groups excluding carboxylic acids is 4. The Kier molecular flexibility index (Phi) is 17.8. The van der Waals surface area contributed by atoms with Crippen LogP contribution in [0, 0.1) is 0 Å². The highest BCUT2D eigenvalue weighted by molar-refractivity contribution is 7.90. The topological polar surface area (TPSA) is 255 Å². The van der Waals surface area contributed by atoms with Gasteiger partial charge in [-0.1, -0.05) is 34.8 Å². The molecule has 1 aliphatic heterocycles. The molecule has 0 unspecified atom stereocenters. The van der Waals surface area contributed by atoms with E-state index in [9.17, 15) is 45.6 Å². The van der Waals surface area contributed by atoms with Gasteiger partial charge in [0, 0.05) is 33.9 Å². The van der Waals surface area contributed by atoms with Crippen molar-refractivity contribution < 1.29 is 69.6 Å². The first-order valence-electron chi connectivity index (χ1n) is 19.8. The Morgan fingerprint density at radius 1 is 0.884 bits per heavy atom. The number of carbonyl (C=O) groups is 5. The van der Waals surface area contributed by atoms with Gasteiger partial charge < -0.3 is 24.1 Å². The molecule has 0 saturated carbocycles. The molecule has 26 heteroatoms. The number of alkyl halides is 3. The first-order chi connectivity index (χ1) is 32.7. The minimum atomic E-state index is -4.99. The maximum absolute atomic E-state index is 12.9. The van der Waals surface area contributed by atoms with Crippen molar-refractivity contribution in [2.24, 2.45) is 0 Å². The molecule has 4 heterocycles. The number of esters is 1. The number of urea groups is 1. The van der Waals surface area contributed by atoms with Gasteiger partial charge in [0.1, 0.15) is 16.3 Å². The number of ether oxygens (including phenoxy) is 4. The zero-order chi connectivity index (χ0) is 50.6. The molecule has 2 aliphatic rings. The summed E-state index contributed by atoms with van der Waals surface area (Å²) in [5.74, 6) is -2.26. The molecular formula is C43H37Cl3F3N7O12S. The fourth-order valence-electron chi connectivity index (χ4n) is 6.31. The molecule has 3 aromatic heterocycles. The van der Waals surface area contributed by atoms with Crippen LogP contribution in [0.15, 0.2) is 94.3 Å². The number of carboxylic acid groups (broad SMARTS) is 1. The number of nitrogens with one attached hydrogen (secondary N) is 2. The van der Waals surface area contributed by atoms with Gasteiger partial charge in [0.2, 0.25) is 17.7 Å². The summed E-state index contributed by atoms with van der Waals surface area (Å²) < 4.78 is 84.1. The third kappa shape index (κ3) is 13.6. The summed E-state index contributed by atoms with van der Waals surface area (Å²) in [5, 5.41) is 10.6. The SMILES string of the molecule is CCOC(=O)/C(Cl)=C/c1cc(N2C(=O)C3=C(CCCC3)C2=O)ccc1Cl.COc1cc(OC)nc(NC(=O)NS(=O)(=O)c2ncccc2C(F)(F)F)n1.O=C(O)COc1ccc(Cl)c2cccnc12.